The van der Waals surface area contributed by atoms with Gasteiger partial charge in [0.25, 0.3) is 11.8 Å². The quantitative estimate of drug-likeness (QED) is 0.782. The number of nitrogens with one attached hydrogen (secondary N) is 1. The minimum Gasteiger partial charge on any atom is -0.484 e. The molecule has 0 saturated carbocycles. The third kappa shape index (κ3) is 6.52. The molecule has 1 saturated heterocycles. The topological polar surface area (TPSA) is 67.9 Å². The normalized spacial score (nSPS) is 14.3. The summed E-state index contributed by atoms with van der Waals surface area (Å²) in [6.07, 6.45) is 1.46. The van der Waals surface area contributed by atoms with Gasteiger partial charge in [-0.05, 0) is 51.0 Å². The largest absolute Gasteiger partial charge is 0.484 e. The maximum absolute atomic E-state index is 12.3. The number of carbonyl (C=O) groups excluding carboxylic acids is 2. The fraction of sp³-hybridized carbons (Fsp3) is 0.391. The van der Waals surface area contributed by atoms with Crippen molar-refractivity contribution in [3.63, 3.8) is 0 Å². The van der Waals surface area contributed by atoms with Gasteiger partial charge in [0, 0.05) is 19.1 Å². The molecule has 1 N–H and O–H groups in total. The first-order chi connectivity index (χ1) is 14.0. The van der Waals surface area contributed by atoms with Crippen LogP contribution >= 0.6 is 0 Å². The van der Waals surface area contributed by atoms with Gasteiger partial charge in [0.1, 0.15) is 11.5 Å². The standard InChI is InChI=1S/C23H28N2O4/c1-17-3-7-20(8-4-17)28-15-22(26)24-19-11-13-25(14-12-19)23(27)16-29-21-9-5-18(2)6-10-21/h3-10,19H,11-16H2,1-2H3,(H,24,26). The molecule has 1 fully saturated rings. The highest BCUT2D eigenvalue weighted by atomic mass is 16.5. The van der Waals surface area contributed by atoms with Crippen molar-refractivity contribution >= 4 is 11.8 Å². The minimum atomic E-state index is -0.141. The first-order valence-electron chi connectivity index (χ1n) is 9.95. The van der Waals surface area contributed by atoms with Crippen LogP contribution in [0.1, 0.15) is 24.0 Å². The number of likely N-dealkylation sites (tertiary alicyclic amines) is 1. The van der Waals surface area contributed by atoms with E-state index in [1.54, 1.807) is 4.90 Å². The average molecular weight is 396 g/mol. The summed E-state index contributed by atoms with van der Waals surface area (Å²) in [5.74, 6) is 1.20. The van der Waals surface area contributed by atoms with Crippen molar-refractivity contribution in [2.75, 3.05) is 26.3 Å². The van der Waals surface area contributed by atoms with Crippen molar-refractivity contribution in [3.8, 4) is 11.5 Å². The van der Waals surface area contributed by atoms with Gasteiger partial charge < -0.3 is 19.7 Å². The van der Waals surface area contributed by atoms with Crippen LogP contribution in [0.4, 0.5) is 0 Å². The van der Waals surface area contributed by atoms with Crippen LogP contribution in [0.2, 0.25) is 0 Å². The minimum absolute atomic E-state index is 0.00735. The molecule has 0 aromatic heterocycles. The van der Waals surface area contributed by atoms with Gasteiger partial charge in [-0.2, -0.15) is 0 Å². The SMILES string of the molecule is Cc1ccc(OCC(=O)NC2CCN(C(=O)COc3ccc(C)cc3)CC2)cc1. The molecule has 2 amide bonds. The van der Waals surface area contributed by atoms with E-state index in [1.807, 2.05) is 62.4 Å². The predicted octanol–water partition coefficient (Wildman–Crippen LogP) is 2.87. The van der Waals surface area contributed by atoms with Gasteiger partial charge in [0.2, 0.25) is 0 Å². The van der Waals surface area contributed by atoms with E-state index < -0.39 is 0 Å². The summed E-state index contributed by atoms with van der Waals surface area (Å²) >= 11 is 0. The summed E-state index contributed by atoms with van der Waals surface area (Å²) in [6.45, 7) is 5.26. The molecule has 0 aliphatic carbocycles. The highest BCUT2D eigenvalue weighted by Gasteiger charge is 2.24. The van der Waals surface area contributed by atoms with Crippen LogP contribution in [0.3, 0.4) is 0 Å². The molecule has 154 valence electrons. The molecule has 0 radical (unpaired) electrons. The highest BCUT2D eigenvalue weighted by Crippen LogP contribution is 2.14. The second-order valence-electron chi connectivity index (χ2n) is 7.43. The Morgan fingerprint density at radius 3 is 1.86 bits per heavy atom. The number of hydrogen-bond donors (Lipinski definition) is 1. The Labute approximate surface area is 171 Å². The lowest BCUT2D eigenvalue weighted by atomic mass is 10.1. The number of rotatable bonds is 7. The number of ether oxygens (including phenoxy) is 2. The second kappa shape index (κ2) is 9.96. The zero-order valence-electron chi connectivity index (χ0n) is 17.0. The molecule has 29 heavy (non-hydrogen) atoms. The molecule has 1 heterocycles. The molecular weight excluding hydrogens is 368 g/mol. The average Bonchev–Trinajstić information content (AvgIpc) is 2.73. The number of amides is 2. The van der Waals surface area contributed by atoms with Gasteiger partial charge in [-0.25, -0.2) is 0 Å². The zero-order valence-corrected chi connectivity index (χ0v) is 17.0. The van der Waals surface area contributed by atoms with E-state index in [0.29, 0.717) is 24.6 Å². The van der Waals surface area contributed by atoms with Gasteiger partial charge in [-0.3, -0.25) is 9.59 Å². The predicted molar refractivity (Wildman–Crippen MR) is 111 cm³/mol. The van der Waals surface area contributed by atoms with Crippen LogP contribution < -0.4 is 14.8 Å². The number of piperidine rings is 1. The first-order valence-corrected chi connectivity index (χ1v) is 9.95. The van der Waals surface area contributed by atoms with E-state index in [-0.39, 0.29) is 31.1 Å². The number of nitrogens with zero attached hydrogens (tertiary/aromatic N) is 1. The van der Waals surface area contributed by atoms with E-state index in [2.05, 4.69) is 5.32 Å². The molecule has 1 aliphatic heterocycles. The van der Waals surface area contributed by atoms with E-state index in [4.69, 9.17) is 9.47 Å². The van der Waals surface area contributed by atoms with Crippen LogP contribution in [0.5, 0.6) is 11.5 Å². The molecule has 6 heteroatoms. The van der Waals surface area contributed by atoms with Crippen molar-refractivity contribution < 1.29 is 19.1 Å². The fourth-order valence-electron chi connectivity index (χ4n) is 3.20. The van der Waals surface area contributed by atoms with Gasteiger partial charge in [-0.1, -0.05) is 35.4 Å². The van der Waals surface area contributed by atoms with Crippen molar-refractivity contribution in [3.05, 3.63) is 59.7 Å². The maximum atomic E-state index is 12.3. The van der Waals surface area contributed by atoms with Crippen molar-refractivity contribution in [2.24, 2.45) is 0 Å². The summed E-state index contributed by atoms with van der Waals surface area (Å²) in [6, 6.07) is 15.3. The van der Waals surface area contributed by atoms with Crippen LogP contribution in [0, 0.1) is 13.8 Å². The summed E-state index contributed by atoms with van der Waals surface area (Å²) < 4.78 is 11.1. The van der Waals surface area contributed by atoms with E-state index in [1.165, 1.54) is 0 Å². The number of benzene rings is 2. The molecule has 2 aromatic carbocycles. The van der Waals surface area contributed by atoms with Crippen LogP contribution in [-0.4, -0.2) is 49.1 Å². The van der Waals surface area contributed by atoms with Gasteiger partial charge in [0.15, 0.2) is 13.2 Å². The summed E-state index contributed by atoms with van der Waals surface area (Å²) in [5, 5.41) is 2.99. The Bertz CT molecular complexity index is 810. The molecule has 0 spiro atoms. The Kier molecular flexibility index (Phi) is 7.11. The number of hydrogen-bond acceptors (Lipinski definition) is 4. The van der Waals surface area contributed by atoms with E-state index in [0.717, 1.165) is 24.0 Å². The zero-order chi connectivity index (χ0) is 20.6. The van der Waals surface area contributed by atoms with Crippen molar-refractivity contribution in [1.29, 1.82) is 0 Å². The van der Waals surface area contributed by atoms with Gasteiger partial charge in [-0.15, -0.1) is 0 Å². The molecule has 0 bridgehead atoms. The Morgan fingerprint density at radius 2 is 1.34 bits per heavy atom. The van der Waals surface area contributed by atoms with E-state index in [9.17, 15) is 9.59 Å². The van der Waals surface area contributed by atoms with Gasteiger partial charge in [0.05, 0.1) is 0 Å². The number of aryl methyl sites for hydroxylation is 2. The molecule has 2 aromatic rings. The maximum Gasteiger partial charge on any atom is 0.260 e. The third-order valence-corrected chi connectivity index (χ3v) is 4.99. The lowest BCUT2D eigenvalue weighted by Gasteiger charge is -2.32. The van der Waals surface area contributed by atoms with Gasteiger partial charge >= 0.3 is 0 Å². The van der Waals surface area contributed by atoms with Crippen LogP contribution in [-0.2, 0) is 9.59 Å². The monoisotopic (exact) mass is 396 g/mol. The smallest absolute Gasteiger partial charge is 0.260 e. The summed E-state index contributed by atoms with van der Waals surface area (Å²) in [5.41, 5.74) is 2.30. The van der Waals surface area contributed by atoms with Crippen LogP contribution in [0.15, 0.2) is 48.5 Å². The summed E-state index contributed by atoms with van der Waals surface area (Å²) in [7, 11) is 0. The van der Waals surface area contributed by atoms with Crippen LogP contribution in [0.25, 0.3) is 0 Å². The molecule has 3 rings (SSSR count). The summed E-state index contributed by atoms with van der Waals surface area (Å²) in [4.78, 5) is 26.2. The lowest BCUT2D eigenvalue weighted by molar-refractivity contribution is -0.134. The Morgan fingerprint density at radius 1 is 0.862 bits per heavy atom. The molecule has 6 nitrogen and oxygen atoms in total. The fourth-order valence-corrected chi connectivity index (χ4v) is 3.20. The number of carbonyl (C=O) groups is 2. The van der Waals surface area contributed by atoms with Crippen molar-refractivity contribution in [2.45, 2.75) is 32.7 Å². The van der Waals surface area contributed by atoms with Crippen molar-refractivity contribution in [1.82, 2.24) is 10.2 Å². The Hall–Kier alpha value is -3.02. The lowest BCUT2D eigenvalue weighted by Crippen LogP contribution is -2.48. The second-order valence-corrected chi connectivity index (χ2v) is 7.43. The molecule has 1 aliphatic rings. The Balaban J connectivity index is 1.34. The highest BCUT2D eigenvalue weighted by molar-refractivity contribution is 5.79. The van der Waals surface area contributed by atoms with E-state index >= 15 is 0 Å². The molecule has 0 atom stereocenters. The third-order valence-electron chi connectivity index (χ3n) is 4.99. The molecular formula is C23H28N2O4. The molecule has 0 unspecified atom stereocenters. The first kappa shape index (κ1) is 20.7.